The lowest BCUT2D eigenvalue weighted by atomic mass is 9.97. The summed E-state index contributed by atoms with van der Waals surface area (Å²) in [6, 6.07) is 8.78. The van der Waals surface area contributed by atoms with E-state index >= 15 is 0 Å². The normalized spacial score (nSPS) is 13.2. The topological polar surface area (TPSA) is 63.1 Å². The molecule has 108 valence electrons. The Morgan fingerprint density at radius 2 is 2.14 bits per heavy atom. The van der Waals surface area contributed by atoms with Crippen LogP contribution in [0, 0.1) is 0 Å². The first-order valence-corrected chi connectivity index (χ1v) is 6.99. The van der Waals surface area contributed by atoms with Crippen LogP contribution >= 0.6 is 0 Å². The Morgan fingerprint density at radius 3 is 2.95 bits per heavy atom. The van der Waals surface area contributed by atoms with Crippen molar-refractivity contribution in [2.75, 3.05) is 17.2 Å². The molecule has 0 aliphatic carbocycles. The fraction of sp³-hybridized carbons (Fsp3) is 0.250. The van der Waals surface area contributed by atoms with E-state index in [2.05, 4.69) is 10.6 Å². The number of pyridine rings is 1. The SMILES string of the molecule is Cn1cc(NC(=O)c2cccc3c2CCCN3)ccc1=O. The third kappa shape index (κ3) is 2.67. The minimum Gasteiger partial charge on any atom is -0.385 e. The van der Waals surface area contributed by atoms with Crippen LogP contribution in [-0.4, -0.2) is 17.0 Å². The third-order valence-electron chi connectivity index (χ3n) is 3.68. The van der Waals surface area contributed by atoms with Gasteiger partial charge in [-0.25, -0.2) is 0 Å². The van der Waals surface area contributed by atoms with Gasteiger partial charge in [-0.05, 0) is 36.6 Å². The second kappa shape index (κ2) is 5.44. The highest BCUT2D eigenvalue weighted by molar-refractivity contribution is 6.06. The molecule has 0 saturated heterocycles. The molecular formula is C16H17N3O2. The second-order valence-corrected chi connectivity index (χ2v) is 5.18. The Bertz CT molecular complexity index is 749. The molecule has 2 aromatic rings. The molecule has 0 atom stereocenters. The fourth-order valence-electron chi connectivity index (χ4n) is 2.59. The minimum absolute atomic E-state index is 0.103. The van der Waals surface area contributed by atoms with Crippen molar-refractivity contribution in [3.05, 3.63) is 58.0 Å². The molecule has 21 heavy (non-hydrogen) atoms. The number of hydrogen-bond acceptors (Lipinski definition) is 3. The van der Waals surface area contributed by atoms with Gasteiger partial charge < -0.3 is 15.2 Å². The quantitative estimate of drug-likeness (QED) is 0.886. The van der Waals surface area contributed by atoms with Crippen LogP contribution in [0.4, 0.5) is 11.4 Å². The Balaban J connectivity index is 1.89. The lowest BCUT2D eigenvalue weighted by Gasteiger charge is -2.20. The van der Waals surface area contributed by atoms with Crippen molar-refractivity contribution >= 4 is 17.3 Å². The van der Waals surface area contributed by atoms with Crippen molar-refractivity contribution in [2.24, 2.45) is 7.05 Å². The van der Waals surface area contributed by atoms with Crippen molar-refractivity contribution in [3.63, 3.8) is 0 Å². The zero-order chi connectivity index (χ0) is 14.8. The van der Waals surface area contributed by atoms with Gasteiger partial charge in [-0.3, -0.25) is 9.59 Å². The largest absolute Gasteiger partial charge is 0.385 e. The molecular weight excluding hydrogens is 266 g/mol. The summed E-state index contributed by atoms with van der Waals surface area (Å²) in [5, 5.41) is 6.16. The number of hydrogen-bond donors (Lipinski definition) is 2. The number of aryl methyl sites for hydroxylation is 1. The van der Waals surface area contributed by atoms with E-state index in [1.807, 2.05) is 18.2 Å². The van der Waals surface area contributed by atoms with E-state index in [0.29, 0.717) is 11.3 Å². The van der Waals surface area contributed by atoms with Crippen LogP contribution in [0.2, 0.25) is 0 Å². The van der Waals surface area contributed by atoms with Crippen LogP contribution in [0.15, 0.2) is 41.3 Å². The van der Waals surface area contributed by atoms with E-state index in [0.717, 1.165) is 30.6 Å². The highest BCUT2D eigenvalue weighted by atomic mass is 16.1. The second-order valence-electron chi connectivity index (χ2n) is 5.18. The maximum absolute atomic E-state index is 12.5. The molecule has 0 spiro atoms. The summed E-state index contributed by atoms with van der Waals surface area (Å²) in [6.07, 6.45) is 3.55. The Labute approximate surface area is 122 Å². The van der Waals surface area contributed by atoms with Crippen molar-refractivity contribution < 1.29 is 4.79 Å². The first-order valence-electron chi connectivity index (χ1n) is 6.99. The van der Waals surface area contributed by atoms with Gasteiger partial charge in [0.05, 0.1) is 5.69 Å². The molecule has 0 bridgehead atoms. The summed E-state index contributed by atoms with van der Waals surface area (Å²) in [5.74, 6) is -0.144. The fourth-order valence-corrected chi connectivity index (χ4v) is 2.59. The number of carbonyl (C=O) groups is 1. The summed E-state index contributed by atoms with van der Waals surface area (Å²) in [6.45, 7) is 0.943. The van der Waals surface area contributed by atoms with Gasteiger partial charge in [0.2, 0.25) is 5.56 Å². The molecule has 1 aliphatic heterocycles. The van der Waals surface area contributed by atoms with Gasteiger partial charge >= 0.3 is 0 Å². The van der Waals surface area contributed by atoms with E-state index in [9.17, 15) is 9.59 Å². The van der Waals surface area contributed by atoms with Gasteiger partial charge in [0, 0.05) is 37.1 Å². The lowest BCUT2D eigenvalue weighted by molar-refractivity contribution is 0.102. The van der Waals surface area contributed by atoms with Crippen LogP contribution < -0.4 is 16.2 Å². The summed E-state index contributed by atoms with van der Waals surface area (Å²) in [7, 11) is 1.66. The predicted octanol–water partition coefficient (Wildman–Crippen LogP) is 2.00. The number of amides is 1. The first-order chi connectivity index (χ1) is 10.1. The molecule has 5 heteroatoms. The standard InChI is InChI=1S/C16H17N3O2/c1-19-10-11(7-8-15(19)20)18-16(21)13-4-2-6-14-12(13)5-3-9-17-14/h2,4,6-8,10,17H,3,5,9H2,1H3,(H,18,21). The lowest BCUT2D eigenvalue weighted by Crippen LogP contribution is -2.21. The summed E-state index contributed by atoms with van der Waals surface area (Å²) in [4.78, 5) is 23.8. The average molecular weight is 283 g/mol. The number of anilines is 2. The molecule has 0 unspecified atom stereocenters. The number of benzene rings is 1. The van der Waals surface area contributed by atoms with Crippen LogP contribution in [0.1, 0.15) is 22.3 Å². The van der Waals surface area contributed by atoms with Crippen molar-refractivity contribution in [3.8, 4) is 0 Å². The third-order valence-corrected chi connectivity index (χ3v) is 3.68. The van der Waals surface area contributed by atoms with Crippen molar-refractivity contribution in [2.45, 2.75) is 12.8 Å². The maximum Gasteiger partial charge on any atom is 0.256 e. The van der Waals surface area contributed by atoms with Crippen molar-refractivity contribution in [1.29, 1.82) is 0 Å². The van der Waals surface area contributed by atoms with Crippen LogP contribution in [0.5, 0.6) is 0 Å². The molecule has 1 amide bonds. The molecule has 0 radical (unpaired) electrons. The van der Waals surface area contributed by atoms with E-state index < -0.39 is 0 Å². The number of nitrogens with zero attached hydrogens (tertiary/aromatic N) is 1. The van der Waals surface area contributed by atoms with Gasteiger partial charge in [0.1, 0.15) is 0 Å². The van der Waals surface area contributed by atoms with Crippen LogP contribution in [0.25, 0.3) is 0 Å². The number of rotatable bonds is 2. The maximum atomic E-state index is 12.5. The number of nitrogens with one attached hydrogen (secondary N) is 2. The van der Waals surface area contributed by atoms with E-state index in [-0.39, 0.29) is 11.5 Å². The first kappa shape index (κ1) is 13.4. The molecule has 0 fully saturated rings. The van der Waals surface area contributed by atoms with Crippen LogP contribution in [-0.2, 0) is 13.5 Å². The minimum atomic E-state index is -0.144. The summed E-state index contributed by atoms with van der Waals surface area (Å²) < 4.78 is 1.44. The zero-order valence-electron chi connectivity index (χ0n) is 11.8. The molecule has 0 saturated carbocycles. The predicted molar refractivity (Wildman–Crippen MR) is 82.9 cm³/mol. The Hall–Kier alpha value is -2.56. The molecule has 3 rings (SSSR count). The Morgan fingerprint density at radius 1 is 1.29 bits per heavy atom. The number of fused-ring (bicyclic) bond motifs is 1. The average Bonchev–Trinajstić information content (AvgIpc) is 2.50. The number of aromatic nitrogens is 1. The van der Waals surface area contributed by atoms with E-state index in [4.69, 9.17) is 0 Å². The van der Waals surface area contributed by atoms with Crippen LogP contribution in [0.3, 0.4) is 0 Å². The highest BCUT2D eigenvalue weighted by Crippen LogP contribution is 2.25. The van der Waals surface area contributed by atoms with E-state index in [1.165, 1.54) is 10.6 Å². The molecule has 5 nitrogen and oxygen atoms in total. The highest BCUT2D eigenvalue weighted by Gasteiger charge is 2.17. The summed E-state index contributed by atoms with van der Waals surface area (Å²) >= 11 is 0. The molecule has 1 aromatic heterocycles. The van der Waals surface area contributed by atoms with Gasteiger partial charge in [0.25, 0.3) is 5.91 Å². The monoisotopic (exact) mass is 283 g/mol. The van der Waals surface area contributed by atoms with Gasteiger partial charge in [-0.1, -0.05) is 6.07 Å². The summed E-state index contributed by atoms with van der Waals surface area (Å²) in [5.41, 5.74) is 3.30. The van der Waals surface area contributed by atoms with Gasteiger partial charge in [-0.15, -0.1) is 0 Å². The number of carbonyl (C=O) groups excluding carboxylic acids is 1. The van der Waals surface area contributed by atoms with Crippen molar-refractivity contribution in [1.82, 2.24) is 4.57 Å². The molecule has 2 N–H and O–H groups in total. The van der Waals surface area contributed by atoms with Gasteiger partial charge in [-0.2, -0.15) is 0 Å². The Kier molecular flexibility index (Phi) is 3.48. The molecule has 1 aromatic carbocycles. The molecule has 2 heterocycles. The van der Waals surface area contributed by atoms with Gasteiger partial charge in [0.15, 0.2) is 0 Å². The molecule has 1 aliphatic rings. The van der Waals surface area contributed by atoms with E-state index in [1.54, 1.807) is 19.3 Å². The smallest absolute Gasteiger partial charge is 0.256 e. The zero-order valence-corrected chi connectivity index (χ0v) is 11.8.